The van der Waals surface area contributed by atoms with Gasteiger partial charge in [0, 0.05) is 5.39 Å². The number of carbonyl (C=O) groups excluding carboxylic acids is 2. The summed E-state index contributed by atoms with van der Waals surface area (Å²) in [4.78, 5) is 38.8. The van der Waals surface area contributed by atoms with E-state index in [9.17, 15) is 14.4 Å². The summed E-state index contributed by atoms with van der Waals surface area (Å²) >= 11 is 0. The fraction of sp³-hybridized carbons (Fsp3) is 0.421. The molecule has 1 aliphatic carbocycles. The quantitative estimate of drug-likeness (QED) is 0.670. The summed E-state index contributed by atoms with van der Waals surface area (Å²) in [5.74, 6) is -0.00341. The molecule has 3 amide bonds. The van der Waals surface area contributed by atoms with Crippen molar-refractivity contribution < 1.29 is 14.0 Å². The smallest absolute Gasteiger partial charge is 0.341 e. The van der Waals surface area contributed by atoms with Crippen molar-refractivity contribution in [3.63, 3.8) is 0 Å². The minimum Gasteiger partial charge on any atom is -0.422 e. The van der Waals surface area contributed by atoms with Crippen LogP contribution in [0, 0.1) is 5.92 Å². The Labute approximate surface area is 144 Å². The van der Waals surface area contributed by atoms with Gasteiger partial charge in [-0.15, -0.1) is 0 Å². The Balaban J connectivity index is 1.67. The second kappa shape index (κ2) is 5.72. The lowest BCUT2D eigenvalue weighted by Crippen LogP contribution is -2.49. The lowest BCUT2D eigenvalue weighted by molar-refractivity contribution is -0.132. The number of imide groups is 1. The van der Waals surface area contributed by atoms with Crippen LogP contribution in [0.5, 0.6) is 0 Å². The molecule has 2 heterocycles. The third-order valence-electron chi connectivity index (χ3n) is 5.16. The van der Waals surface area contributed by atoms with Crippen molar-refractivity contribution in [2.75, 3.05) is 0 Å². The van der Waals surface area contributed by atoms with Gasteiger partial charge in [-0.2, -0.15) is 0 Å². The van der Waals surface area contributed by atoms with E-state index in [1.165, 1.54) is 0 Å². The monoisotopic (exact) mass is 340 g/mol. The fourth-order valence-electron chi connectivity index (χ4n) is 3.79. The molecule has 4 rings (SSSR count). The first kappa shape index (κ1) is 15.9. The molecule has 2 aromatic rings. The zero-order chi connectivity index (χ0) is 17.6. The molecule has 1 saturated heterocycles. The maximum absolute atomic E-state index is 13.0. The van der Waals surface area contributed by atoms with E-state index in [1.807, 2.05) is 19.1 Å². The second-order valence-electron chi connectivity index (χ2n) is 6.91. The highest BCUT2D eigenvalue weighted by atomic mass is 16.4. The summed E-state index contributed by atoms with van der Waals surface area (Å²) in [6.07, 6.45) is 3.36. The molecule has 2 fully saturated rings. The second-order valence-corrected chi connectivity index (χ2v) is 6.91. The van der Waals surface area contributed by atoms with Gasteiger partial charge < -0.3 is 9.73 Å². The number of hydrogen-bond acceptors (Lipinski definition) is 4. The number of rotatable bonds is 5. The molecule has 0 spiro atoms. The Morgan fingerprint density at radius 1 is 1.24 bits per heavy atom. The van der Waals surface area contributed by atoms with Crippen molar-refractivity contribution in [3.8, 4) is 0 Å². The van der Waals surface area contributed by atoms with Gasteiger partial charge in [-0.25, -0.2) is 9.59 Å². The molecule has 1 unspecified atom stereocenters. The van der Waals surface area contributed by atoms with Crippen LogP contribution in [0.3, 0.4) is 0 Å². The number of nitrogens with one attached hydrogen (secondary N) is 1. The molecule has 1 saturated carbocycles. The van der Waals surface area contributed by atoms with E-state index in [4.69, 9.17) is 4.42 Å². The molecule has 6 heteroatoms. The van der Waals surface area contributed by atoms with Crippen LogP contribution in [0.1, 0.15) is 38.2 Å². The molecule has 1 N–H and O–H groups in total. The third kappa shape index (κ3) is 2.52. The minimum atomic E-state index is -0.789. The summed E-state index contributed by atoms with van der Waals surface area (Å²) in [7, 11) is 0. The first-order valence-corrected chi connectivity index (χ1v) is 8.71. The summed E-state index contributed by atoms with van der Waals surface area (Å²) in [5.41, 5.74) is -0.501. The molecule has 1 aromatic carbocycles. The van der Waals surface area contributed by atoms with Crippen LogP contribution in [0.25, 0.3) is 11.0 Å². The normalized spacial score (nSPS) is 23.3. The summed E-state index contributed by atoms with van der Waals surface area (Å²) in [6, 6.07) is 8.46. The highest BCUT2D eigenvalue weighted by Gasteiger charge is 2.58. The first-order chi connectivity index (χ1) is 12.0. The maximum atomic E-state index is 13.0. The lowest BCUT2D eigenvalue weighted by Gasteiger charge is -2.26. The molecule has 0 radical (unpaired) electrons. The number of fused-ring (bicyclic) bond motifs is 1. The predicted molar refractivity (Wildman–Crippen MR) is 91.9 cm³/mol. The van der Waals surface area contributed by atoms with Crippen LogP contribution < -0.4 is 10.9 Å². The van der Waals surface area contributed by atoms with E-state index < -0.39 is 17.2 Å². The molecule has 1 aromatic heterocycles. The number of para-hydroxylation sites is 1. The molecule has 25 heavy (non-hydrogen) atoms. The van der Waals surface area contributed by atoms with Gasteiger partial charge in [0.2, 0.25) is 0 Å². The zero-order valence-electron chi connectivity index (χ0n) is 14.1. The van der Waals surface area contributed by atoms with Crippen LogP contribution >= 0.6 is 0 Å². The van der Waals surface area contributed by atoms with Gasteiger partial charge in [-0.3, -0.25) is 9.69 Å². The van der Waals surface area contributed by atoms with Crippen molar-refractivity contribution in [2.24, 2.45) is 5.92 Å². The minimum absolute atomic E-state index is 0.0595. The van der Waals surface area contributed by atoms with Gasteiger partial charge in [0.1, 0.15) is 11.1 Å². The lowest BCUT2D eigenvalue weighted by atomic mass is 9.88. The summed E-state index contributed by atoms with van der Waals surface area (Å²) in [5, 5.41) is 3.68. The SMILES string of the molecule is CCCC1(C2CC2)NC(=O)N(Cc2cc3ccccc3oc2=O)C1=O. The van der Waals surface area contributed by atoms with Gasteiger partial charge in [-0.1, -0.05) is 31.5 Å². The molecular weight excluding hydrogens is 320 g/mol. The highest BCUT2D eigenvalue weighted by Crippen LogP contribution is 2.45. The average Bonchev–Trinajstić information content (AvgIpc) is 3.41. The first-order valence-electron chi connectivity index (χ1n) is 8.71. The standard InChI is InChI=1S/C19H20N2O4/c1-2-9-19(14-7-8-14)17(23)21(18(24)20-19)11-13-10-12-5-3-4-6-15(12)25-16(13)22/h3-6,10,14H,2,7-9,11H2,1H3,(H,20,24). The van der Waals surface area contributed by atoms with Crippen molar-refractivity contribution in [1.29, 1.82) is 0 Å². The van der Waals surface area contributed by atoms with Crippen molar-refractivity contribution in [2.45, 2.75) is 44.7 Å². The molecule has 130 valence electrons. The fourth-order valence-corrected chi connectivity index (χ4v) is 3.79. The molecule has 1 atom stereocenters. The van der Waals surface area contributed by atoms with Gasteiger partial charge in [0.15, 0.2) is 0 Å². The number of carbonyl (C=O) groups is 2. The Bertz CT molecular complexity index is 915. The van der Waals surface area contributed by atoms with E-state index in [0.29, 0.717) is 17.6 Å². The number of benzene rings is 1. The van der Waals surface area contributed by atoms with Crippen molar-refractivity contribution >= 4 is 22.9 Å². The Kier molecular flexibility index (Phi) is 3.63. The van der Waals surface area contributed by atoms with Crippen LogP contribution in [0.4, 0.5) is 4.79 Å². The van der Waals surface area contributed by atoms with Crippen molar-refractivity contribution in [3.05, 3.63) is 46.3 Å². The largest absolute Gasteiger partial charge is 0.422 e. The van der Waals surface area contributed by atoms with Crippen LogP contribution in [-0.2, 0) is 11.3 Å². The Hall–Kier alpha value is -2.63. The highest BCUT2D eigenvalue weighted by molar-refractivity contribution is 6.07. The van der Waals surface area contributed by atoms with Crippen LogP contribution in [-0.4, -0.2) is 22.4 Å². The Morgan fingerprint density at radius 3 is 2.72 bits per heavy atom. The molecule has 2 aliphatic rings. The van der Waals surface area contributed by atoms with Gasteiger partial charge in [0.05, 0.1) is 12.1 Å². The maximum Gasteiger partial charge on any atom is 0.341 e. The molecule has 6 nitrogen and oxygen atoms in total. The average molecular weight is 340 g/mol. The molecular formula is C19H20N2O4. The van der Waals surface area contributed by atoms with Crippen molar-refractivity contribution in [1.82, 2.24) is 10.2 Å². The van der Waals surface area contributed by atoms with E-state index >= 15 is 0 Å². The third-order valence-corrected chi connectivity index (χ3v) is 5.16. The van der Waals surface area contributed by atoms with Gasteiger partial charge in [0.25, 0.3) is 5.91 Å². The number of urea groups is 1. The van der Waals surface area contributed by atoms with Crippen LogP contribution in [0.2, 0.25) is 0 Å². The van der Waals surface area contributed by atoms with E-state index in [1.54, 1.807) is 18.2 Å². The zero-order valence-corrected chi connectivity index (χ0v) is 14.1. The molecule has 1 aliphatic heterocycles. The van der Waals surface area contributed by atoms with Gasteiger partial charge in [-0.05, 0) is 37.3 Å². The molecule has 0 bridgehead atoms. The Morgan fingerprint density at radius 2 is 2.00 bits per heavy atom. The van der Waals surface area contributed by atoms with E-state index in [2.05, 4.69) is 5.32 Å². The number of amides is 3. The van der Waals surface area contributed by atoms with Gasteiger partial charge >= 0.3 is 11.7 Å². The summed E-state index contributed by atoms with van der Waals surface area (Å²) < 4.78 is 5.31. The number of nitrogens with zero attached hydrogens (tertiary/aromatic N) is 1. The van der Waals surface area contributed by atoms with E-state index in [-0.39, 0.29) is 18.4 Å². The van der Waals surface area contributed by atoms with E-state index in [0.717, 1.165) is 29.5 Å². The summed E-state index contributed by atoms with van der Waals surface area (Å²) in [6.45, 7) is 1.94. The topological polar surface area (TPSA) is 79.6 Å². The van der Waals surface area contributed by atoms with Crippen LogP contribution in [0.15, 0.2) is 39.5 Å². The predicted octanol–water partition coefficient (Wildman–Crippen LogP) is 2.79. The number of hydrogen-bond donors (Lipinski definition) is 1.